The van der Waals surface area contributed by atoms with E-state index in [9.17, 15) is 17.6 Å². The summed E-state index contributed by atoms with van der Waals surface area (Å²) in [5.74, 6) is -1.27. The Labute approximate surface area is 132 Å². The van der Waals surface area contributed by atoms with Gasteiger partial charge in [-0.2, -0.15) is 13.2 Å². The fourth-order valence-electron chi connectivity index (χ4n) is 2.64. The maximum Gasteiger partial charge on any atom is 0.419 e. The van der Waals surface area contributed by atoms with Gasteiger partial charge in [-0.1, -0.05) is 6.07 Å². The minimum absolute atomic E-state index is 0. The van der Waals surface area contributed by atoms with Gasteiger partial charge in [0.05, 0.1) is 5.56 Å². The molecule has 1 aliphatic heterocycles. The molecule has 0 amide bonds. The lowest BCUT2D eigenvalue weighted by atomic mass is 9.99. The highest BCUT2D eigenvalue weighted by Crippen LogP contribution is 2.34. The molecule has 0 bridgehead atoms. The molecule has 3 nitrogen and oxygen atoms in total. The number of alkyl halides is 3. The summed E-state index contributed by atoms with van der Waals surface area (Å²) in [7, 11) is 0. The Hall–Kier alpha value is -0.890. The van der Waals surface area contributed by atoms with Crippen molar-refractivity contribution in [2.75, 3.05) is 32.8 Å². The zero-order valence-electron chi connectivity index (χ0n) is 11.9. The van der Waals surface area contributed by atoms with Crippen LogP contribution in [0, 0.1) is 5.82 Å². The average Bonchev–Trinajstić information content (AvgIpc) is 2.44. The zero-order chi connectivity index (χ0) is 15.5. The van der Waals surface area contributed by atoms with Crippen molar-refractivity contribution in [1.82, 2.24) is 10.2 Å². The minimum Gasteiger partial charge on any atom is -0.396 e. The van der Waals surface area contributed by atoms with E-state index in [0.717, 1.165) is 25.2 Å². The normalized spacial score (nSPS) is 17.9. The van der Waals surface area contributed by atoms with Crippen LogP contribution in [0.3, 0.4) is 0 Å². The summed E-state index contributed by atoms with van der Waals surface area (Å²) in [5, 5.41) is 12.3. The van der Waals surface area contributed by atoms with Gasteiger partial charge in [0.25, 0.3) is 0 Å². The van der Waals surface area contributed by atoms with Crippen molar-refractivity contribution in [2.24, 2.45) is 0 Å². The van der Waals surface area contributed by atoms with Crippen LogP contribution in [0.5, 0.6) is 0 Å². The van der Waals surface area contributed by atoms with E-state index in [1.807, 2.05) is 0 Å². The van der Waals surface area contributed by atoms with Gasteiger partial charge < -0.3 is 10.4 Å². The topological polar surface area (TPSA) is 35.5 Å². The van der Waals surface area contributed by atoms with Gasteiger partial charge in [-0.3, -0.25) is 4.90 Å². The minimum atomic E-state index is -4.69. The number of benzene rings is 1. The molecule has 1 aliphatic rings. The van der Waals surface area contributed by atoms with Gasteiger partial charge in [0, 0.05) is 38.8 Å². The number of piperazine rings is 1. The van der Waals surface area contributed by atoms with E-state index in [2.05, 4.69) is 10.2 Å². The quantitative estimate of drug-likeness (QED) is 0.826. The van der Waals surface area contributed by atoms with Crippen LogP contribution in [0.15, 0.2) is 18.2 Å². The fraction of sp³-hybridized carbons (Fsp3) is 0.571. The van der Waals surface area contributed by atoms with Crippen LogP contribution >= 0.6 is 12.4 Å². The summed E-state index contributed by atoms with van der Waals surface area (Å²) in [6.07, 6.45) is -4.32. The molecule has 1 aromatic rings. The Bertz CT molecular complexity index is 478. The summed E-state index contributed by atoms with van der Waals surface area (Å²) >= 11 is 0. The zero-order valence-corrected chi connectivity index (χ0v) is 12.7. The average molecular weight is 343 g/mol. The molecular weight excluding hydrogens is 324 g/mol. The number of halogens is 5. The molecule has 8 heteroatoms. The highest BCUT2D eigenvalue weighted by atomic mass is 35.5. The van der Waals surface area contributed by atoms with Crippen molar-refractivity contribution in [1.29, 1.82) is 0 Å². The van der Waals surface area contributed by atoms with Gasteiger partial charge in [0.1, 0.15) is 5.82 Å². The molecule has 1 heterocycles. The van der Waals surface area contributed by atoms with Crippen LogP contribution in [-0.2, 0) is 6.18 Å². The molecule has 1 saturated heterocycles. The van der Waals surface area contributed by atoms with E-state index in [-0.39, 0.29) is 25.1 Å². The van der Waals surface area contributed by atoms with Crippen LogP contribution in [0.1, 0.15) is 23.6 Å². The first-order chi connectivity index (χ1) is 9.93. The highest BCUT2D eigenvalue weighted by molar-refractivity contribution is 5.85. The lowest BCUT2D eigenvalue weighted by Gasteiger charge is -2.35. The number of rotatable bonds is 4. The molecule has 0 saturated carbocycles. The number of hydrogen-bond acceptors (Lipinski definition) is 3. The molecule has 22 heavy (non-hydrogen) atoms. The molecule has 0 spiro atoms. The van der Waals surface area contributed by atoms with Crippen LogP contribution < -0.4 is 5.32 Å². The number of nitrogens with zero attached hydrogens (tertiary/aromatic N) is 1. The van der Waals surface area contributed by atoms with Gasteiger partial charge in [-0.25, -0.2) is 4.39 Å². The maximum absolute atomic E-state index is 13.7. The number of aliphatic hydroxyl groups is 1. The third-order valence-corrected chi connectivity index (χ3v) is 3.68. The second kappa shape index (κ2) is 8.10. The van der Waals surface area contributed by atoms with Crippen LogP contribution in [0.25, 0.3) is 0 Å². The maximum atomic E-state index is 13.7. The number of aliphatic hydroxyl groups excluding tert-OH is 1. The monoisotopic (exact) mass is 342 g/mol. The number of nitrogens with one attached hydrogen (secondary N) is 1. The molecule has 1 fully saturated rings. The van der Waals surface area contributed by atoms with E-state index >= 15 is 0 Å². The number of hydrogen-bond donors (Lipinski definition) is 2. The van der Waals surface area contributed by atoms with Crippen LogP contribution in [-0.4, -0.2) is 42.8 Å². The van der Waals surface area contributed by atoms with E-state index in [1.165, 1.54) is 6.07 Å². The van der Waals surface area contributed by atoms with Gasteiger partial charge in [-0.05, 0) is 24.1 Å². The standard InChI is InChI=1S/C14H18F4N2O.ClH/c15-12-9-10(1-2-11(12)14(16,17)18)13(3-8-21)20-6-4-19-5-7-20;/h1-2,9,13,19,21H,3-8H2;1H/t13-;/m1./s1. The Morgan fingerprint density at radius 1 is 1.23 bits per heavy atom. The molecule has 1 aromatic carbocycles. The third kappa shape index (κ3) is 4.55. The van der Waals surface area contributed by atoms with E-state index in [4.69, 9.17) is 5.11 Å². The molecule has 0 radical (unpaired) electrons. The highest BCUT2D eigenvalue weighted by Gasteiger charge is 2.34. The first-order valence-corrected chi connectivity index (χ1v) is 6.85. The lowest BCUT2D eigenvalue weighted by Crippen LogP contribution is -2.45. The van der Waals surface area contributed by atoms with Crippen molar-refractivity contribution < 1.29 is 22.7 Å². The molecular formula is C14H19ClF4N2O. The SMILES string of the molecule is Cl.OCC[C@H](c1ccc(C(F)(F)F)c(F)c1)N1CCNCC1. The molecule has 1 atom stereocenters. The molecule has 2 rings (SSSR count). The van der Waals surface area contributed by atoms with Crippen molar-refractivity contribution in [3.63, 3.8) is 0 Å². The Morgan fingerprint density at radius 2 is 1.86 bits per heavy atom. The Morgan fingerprint density at radius 3 is 2.36 bits per heavy atom. The summed E-state index contributed by atoms with van der Waals surface area (Å²) in [6.45, 7) is 2.87. The van der Waals surface area contributed by atoms with Gasteiger partial charge >= 0.3 is 6.18 Å². The van der Waals surface area contributed by atoms with Crippen LogP contribution in [0.2, 0.25) is 0 Å². The largest absolute Gasteiger partial charge is 0.419 e. The van der Waals surface area contributed by atoms with Crippen molar-refractivity contribution in [2.45, 2.75) is 18.6 Å². The van der Waals surface area contributed by atoms with Crippen LogP contribution in [0.4, 0.5) is 17.6 Å². The Kier molecular flexibility index (Phi) is 7.05. The van der Waals surface area contributed by atoms with E-state index < -0.39 is 17.6 Å². The summed E-state index contributed by atoms with van der Waals surface area (Å²) in [4.78, 5) is 2.05. The van der Waals surface area contributed by atoms with Crippen molar-refractivity contribution >= 4 is 12.4 Å². The summed E-state index contributed by atoms with van der Waals surface area (Å²) < 4.78 is 51.5. The fourth-order valence-corrected chi connectivity index (χ4v) is 2.64. The third-order valence-electron chi connectivity index (χ3n) is 3.68. The molecule has 0 aliphatic carbocycles. The first kappa shape index (κ1) is 19.2. The summed E-state index contributed by atoms with van der Waals surface area (Å²) in [5.41, 5.74) is -0.786. The van der Waals surface area contributed by atoms with Gasteiger partial charge in [0.2, 0.25) is 0 Å². The molecule has 126 valence electrons. The van der Waals surface area contributed by atoms with Gasteiger partial charge in [0.15, 0.2) is 0 Å². The second-order valence-electron chi connectivity index (χ2n) is 5.05. The van der Waals surface area contributed by atoms with E-state index in [1.54, 1.807) is 0 Å². The van der Waals surface area contributed by atoms with Gasteiger partial charge in [-0.15, -0.1) is 12.4 Å². The molecule has 0 unspecified atom stereocenters. The predicted molar refractivity (Wildman–Crippen MR) is 77.5 cm³/mol. The van der Waals surface area contributed by atoms with Crippen molar-refractivity contribution in [3.8, 4) is 0 Å². The van der Waals surface area contributed by atoms with E-state index in [0.29, 0.717) is 25.1 Å². The molecule has 0 aromatic heterocycles. The lowest BCUT2D eigenvalue weighted by molar-refractivity contribution is -0.140. The van der Waals surface area contributed by atoms with Crippen molar-refractivity contribution in [3.05, 3.63) is 35.1 Å². The second-order valence-corrected chi connectivity index (χ2v) is 5.05. The summed E-state index contributed by atoms with van der Waals surface area (Å²) in [6, 6.07) is 2.74. The first-order valence-electron chi connectivity index (χ1n) is 6.85. The Balaban J connectivity index is 0.00000242. The predicted octanol–water partition coefficient (Wildman–Crippen LogP) is 2.60. The molecule has 2 N–H and O–H groups in total. The smallest absolute Gasteiger partial charge is 0.396 e.